The first-order valence-corrected chi connectivity index (χ1v) is 7.27. The van der Waals surface area contributed by atoms with Crippen LogP contribution in [-0.4, -0.2) is 60.1 Å². The van der Waals surface area contributed by atoms with Crippen molar-refractivity contribution in [2.45, 2.75) is 38.6 Å². The molecule has 4 heteroatoms. The predicted octanol–water partition coefficient (Wildman–Crippen LogP) is 1.51. The Morgan fingerprint density at radius 3 is 2.44 bits per heavy atom. The summed E-state index contributed by atoms with van der Waals surface area (Å²) in [7, 11) is 2.14. The van der Waals surface area contributed by atoms with Crippen LogP contribution in [0.15, 0.2) is 0 Å². The van der Waals surface area contributed by atoms with Gasteiger partial charge < -0.3 is 10.0 Å². The second kappa shape index (κ2) is 6.02. The first-order chi connectivity index (χ1) is 8.61. The van der Waals surface area contributed by atoms with E-state index in [-0.39, 0.29) is 12.0 Å². The summed E-state index contributed by atoms with van der Waals surface area (Å²) in [5, 5.41) is 9.41. The summed E-state index contributed by atoms with van der Waals surface area (Å²) < 4.78 is 0. The maximum absolute atomic E-state index is 11.4. The van der Waals surface area contributed by atoms with Crippen molar-refractivity contribution < 1.29 is 9.90 Å². The second-order valence-electron chi connectivity index (χ2n) is 5.94. The van der Waals surface area contributed by atoms with Crippen LogP contribution >= 0.6 is 0 Å². The van der Waals surface area contributed by atoms with E-state index in [4.69, 9.17) is 0 Å². The van der Waals surface area contributed by atoms with Crippen LogP contribution in [0, 0.1) is 11.8 Å². The number of likely N-dealkylation sites (N-methyl/N-ethyl adjacent to an activating group) is 1. The molecule has 0 aromatic carbocycles. The van der Waals surface area contributed by atoms with Crippen molar-refractivity contribution in [3.63, 3.8) is 0 Å². The van der Waals surface area contributed by atoms with Crippen molar-refractivity contribution in [3.8, 4) is 0 Å². The molecule has 1 heterocycles. The van der Waals surface area contributed by atoms with Crippen molar-refractivity contribution in [2.75, 3.05) is 33.2 Å². The largest absolute Gasteiger partial charge is 0.481 e. The summed E-state index contributed by atoms with van der Waals surface area (Å²) in [5.41, 5.74) is 0. The van der Waals surface area contributed by atoms with Crippen molar-refractivity contribution in [1.29, 1.82) is 0 Å². The minimum atomic E-state index is -0.589. The Labute approximate surface area is 110 Å². The molecule has 1 saturated heterocycles. The Bertz CT molecular complexity index is 288. The lowest BCUT2D eigenvalue weighted by molar-refractivity contribution is -0.146. The minimum absolute atomic E-state index is 0.142. The third-order valence-corrected chi connectivity index (χ3v) is 4.83. The third kappa shape index (κ3) is 3.04. The van der Waals surface area contributed by atoms with Crippen LogP contribution in [0.1, 0.15) is 32.6 Å². The lowest BCUT2D eigenvalue weighted by Gasteiger charge is -2.44. The molecule has 0 aromatic rings. The van der Waals surface area contributed by atoms with Crippen molar-refractivity contribution >= 4 is 5.97 Å². The van der Waals surface area contributed by atoms with Gasteiger partial charge in [0.15, 0.2) is 0 Å². The molecule has 0 radical (unpaired) electrons. The Morgan fingerprint density at radius 1 is 1.22 bits per heavy atom. The van der Waals surface area contributed by atoms with E-state index in [1.165, 1.54) is 6.42 Å². The molecule has 4 nitrogen and oxygen atoms in total. The molecule has 1 saturated carbocycles. The van der Waals surface area contributed by atoms with E-state index in [2.05, 4.69) is 23.8 Å². The fourth-order valence-electron chi connectivity index (χ4n) is 3.45. The van der Waals surface area contributed by atoms with Gasteiger partial charge in [0, 0.05) is 32.2 Å². The van der Waals surface area contributed by atoms with Gasteiger partial charge in [0.2, 0.25) is 0 Å². The highest BCUT2D eigenvalue weighted by Crippen LogP contribution is 2.34. The molecule has 3 atom stereocenters. The Balaban J connectivity index is 2.02. The zero-order chi connectivity index (χ0) is 13.1. The summed E-state index contributed by atoms with van der Waals surface area (Å²) >= 11 is 0. The Hall–Kier alpha value is -0.610. The third-order valence-electron chi connectivity index (χ3n) is 4.83. The van der Waals surface area contributed by atoms with Gasteiger partial charge in [-0.05, 0) is 32.2 Å². The Kier molecular flexibility index (Phi) is 4.62. The number of hydrogen-bond acceptors (Lipinski definition) is 3. The maximum Gasteiger partial charge on any atom is 0.308 e. The van der Waals surface area contributed by atoms with Crippen LogP contribution in [0.25, 0.3) is 0 Å². The fourth-order valence-corrected chi connectivity index (χ4v) is 3.45. The minimum Gasteiger partial charge on any atom is -0.481 e. The molecule has 1 N–H and O–H groups in total. The van der Waals surface area contributed by atoms with Gasteiger partial charge in [0.25, 0.3) is 0 Å². The summed E-state index contributed by atoms with van der Waals surface area (Å²) in [6.07, 6.45) is 4.23. The molecule has 104 valence electrons. The molecular weight excluding hydrogens is 228 g/mol. The normalized spacial score (nSPS) is 35.6. The number of nitrogens with zero attached hydrogens (tertiary/aromatic N) is 2. The van der Waals surface area contributed by atoms with Gasteiger partial charge in [-0.25, -0.2) is 0 Å². The molecule has 0 aromatic heterocycles. The molecule has 2 rings (SSSR count). The van der Waals surface area contributed by atoms with Gasteiger partial charge in [0.1, 0.15) is 0 Å². The monoisotopic (exact) mass is 254 g/mol. The highest BCUT2D eigenvalue weighted by molar-refractivity contribution is 5.71. The average molecular weight is 254 g/mol. The first-order valence-electron chi connectivity index (χ1n) is 7.27. The molecule has 0 amide bonds. The summed E-state index contributed by atoms with van der Waals surface area (Å²) in [6, 6.07) is 0.273. The van der Waals surface area contributed by atoms with Gasteiger partial charge in [-0.2, -0.15) is 0 Å². The summed E-state index contributed by atoms with van der Waals surface area (Å²) in [6.45, 7) is 6.43. The quantitative estimate of drug-likeness (QED) is 0.829. The first kappa shape index (κ1) is 13.8. The van der Waals surface area contributed by atoms with Crippen molar-refractivity contribution in [3.05, 3.63) is 0 Å². The Morgan fingerprint density at radius 2 is 1.89 bits per heavy atom. The number of piperazine rings is 1. The van der Waals surface area contributed by atoms with E-state index in [1.54, 1.807) is 0 Å². The lowest BCUT2D eigenvalue weighted by Crippen LogP contribution is -2.54. The van der Waals surface area contributed by atoms with Gasteiger partial charge in [-0.1, -0.05) is 13.3 Å². The summed E-state index contributed by atoms with van der Waals surface area (Å²) in [5.74, 6) is -0.00468. The molecule has 2 fully saturated rings. The van der Waals surface area contributed by atoms with Crippen LogP contribution in [0.3, 0.4) is 0 Å². The van der Waals surface area contributed by atoms with Crippen LogP contribution in [0.2, 0.25) is 0 Å². The van der Waals surface area contributed by atoms with E-state index >= 15 is 0 Å². The highest BCUT2D eigenvalue weighted by Gasteiger charge is 2.38. The smallest absolute Gasteiger partial charge is 0.308 e. The zero-order valence-electron chi connectivity index (χ0n) is 11.6. The van der Waals surface area contributed by atoms with Crippen LogP contribution < -0.4 is 0 Å². The average Bonchev–Trinajstić information content (AvgIpc) is 2.38. The van der Waals surface area contributed by atoms with Crippen LogP contribution in [-0.2, 0) is 4.79 Å². The second-order valence-corrected chi connectivity index (χ2v) is 5.94. The molecule has 2 aliphatic rings. The van der Waals surface area contributed by atoms with Crippen molar-refractivity contribution in [2.24, 2.45) is 11.8 Å². The van der Waals surface area contributed by atoms with E-state index in [9.17, 15) is 9.90 Å². The number of carboxylic acid groups (broad SMARTS) is 1. The topological polar surface area (TPSA) is 43.8 Å². The molecule has 3 unspecified atom stereocenters. The van der Waals surface area contributed by atoms with E-state index < -0.39 is 5.97 Å². The summed E-state index contributed by atoms with van der Waals surface area (Å²) in [4.78, 5) is 16.2. The standard InChI is InChI=1S/C14H26N2O2/c1-3-11-4-5-12(14(17)18)13(10-11)16-8-6-15(2)7-9-16/h11-13H,3-10H2,1-2H3,(H,17,18). The number of rotatable bonds is 3. The number of carbonyl (C=O) groups is 1. The fraction of sp³-hybridized carbons (Fsp3) is 0.929. The predicted molar refractivity (Wildman–Crippen MR) is 71.6 cm³/mol. The molecule has 1 aliphatic heterocycles. The van der Waals surface area contributed by atoms with Gasteiger partial charge >= 0.3 is 5.97 Å². The van der Waals surface area contributed by atoms with E-state index in [0.717, 1.165) is 51.4 Å². The van der Waals surface area contributed by atoms with Crippen LogP contribution in [0.5, 0.6) is 0 Å². The van der Waals surface area contributed by atoms with E-state index in [0.29, 0.717) is 0 Å². The van der Waals surface area contributed by atoms with Gasteiger partial charge in [0.05, 0.1) is 5.92 Å². The molecule has 1 aliphatic carbocycles. The number of hydrogen-bond donors (Lipinski definition) is 1. The van der Waals surface area contributed by atoms with Crippen LogP contribution in [0.4, 0.5) is 0 Å². The lowest BCUT2D eigenvalue weighted by atomic mass is 9.76. The molecule has 0 bridgehead atoms. The van der Waals surface area contributed by atoms with E-state index in [1.807, 2.05) is 0 Å². The molecular formula is C14H26N2O2. The maximum atomic E-state index is 11.4. The SMILES string of the molecule is CCC1CCC(C(=O)O)C(N2CCN(C)CC2)C1. The molecule has 18 heavy (non-hydrogen) atoms. The zero-order valence-corrected chi connectivity index (χ0v) is 11.6. The highest BCUT2D eigenvalue weighted by atomic mass is 16.4. The number of carboxylic acids is 1. The number of aliphatic carboxylic acids is 1. The van der Waals surface area contributed by atoms with Gasteiger partial charge in [-0.3, -0.25) is 9.69 Å². The molecule has 0 spiro atoms. The van der Waals surface area contributed by atoms with Crippen molar-refractivity contribution in [1.82, 2.24) is 9.80 Å². The van der Waals surface area contributed by atoms with Gasteiger partial charge in [-0.15, -0.1) is 0 Å².